The van der Waals surface area contributed by atoms with Crippen molar-refractivity contribution >= 4 is 6.09 Å². The number of rotatable bonds is 4. The first kappa shape index (κ1) is 20.1. The molecule has 0 unspecified atom stereocenters. The highest BCUT2D eigenvalue weighted by Crippen LogP contribution is 2.57. The molecule has 0 N–H and O–H groups in total. The van der Waals surface area contributed by atoms with Gasteiger partial charge in [0.05, 0.1) is 0 Å². The van der Waals surface area contributed by atoms with Gasteiger partial charge in [0, 0.05) is 55.1 Å². The van der Waals surface area contributed by atoms with E-state index in [1.165, 1.54) is 0 Å². The van der Waals surface area contributed by atoms with E-state index in [-0.39, 0.29) is 17.0 Å². The Balaban J connectivity index is 1.80. The number of aryl methyl sites for hydroxylation is 1. The quantitative estimate of drug-likeness (QED) is 0.802. The molecule has 2 aliphatic rings. The SMILES string of the molecule is CC[C@]12CCN(C(=O)OC(C)(C)C)C[C@@]1(CC)N(Cc1cnc(C)nc1)C2. The van der Waals surface area contributed by atoms with Crippen molar-refractivity contribution in [2.24, 2.45) is 5.41 Å². The molecule has 3 rings (SSSR count). The van der Waals surface area contributed by atoms with Gasteiger partial charge in [0.2, 0.25) is 0 Å². The van der Waals surface area contributed by atoms with Gasteiger partial charge in [-0.2, -0.15) is 0 Å². The molecule has 6 nitrogen and oxygen atoms in total. The molecule has 0 radical (unpaired) electrons. The monoisotopic (exact) mass is 374 g/mol. The fraction of sp³-hybridized carbons (Fsp3) is 0.762. The summed E-state index contributed by atoms with van der Waals surface area (Å²) in [5.41, 5.74) is 0.953. The highest BCUT2D eigenvalue weighted by molar-refractivity contribution is 5.68. The van der Waals surface area contributed by atoms with Crippen LogP contribution in [0.5, 0.6) is 0 Å². The first-order chi connectivity index (χ1) is 12.6. The van der Waals surface area contributed by atoms with Gasteiger partial charge in [-0.3, -0.25) is 4.90 Å². The van der Waals surface area contributed by atoms with Crippen LogP contribution in [-0.2, 0) is 11.3 Å². The molecular formula is C21H34N4O2. The van der Waals surface area contributed by atoms with Crippen LogP contribution in [0.15, 0.2) is 12.4 Å². The van der Waals surface area contributed by atoms with Crippen LogP contribution in [0.25, 0.3) is 0 Å². The van der Waals surface area contributed by atoms with E-state index in [0.717, 1.165) is 56.8 Å². The number of carbonyl (C=O) groups excluding carboxylic acids is 1. The summed E-state index contributed by atoms with van der Waals surface area (Å²) in [6, 6.07) is 0. The van der Waals surface area contributed by atoms with Gasteiger partial charge in [-0.25, -0.2) is 14.8 Å². The Labute approximate surface area is 163 Å². The summed E-state index contributed by atoms with van der Waals surface area (Å²) in [7, 11) is 0. The number of aromatic nitrogens is 2. The van der Waals surface area contributed by atoms with Gasteiger partial charge in [0.25, 0.3) is 0 Å². The Morgan fingerprint density at radius 3 is 2.41 bits per heavy atom. The number of fused-ring (bicyclic) bond motifs is 1. The van der Waals surface area contributed by atoms with Gasteiger partial charge in [-0.1, -0.05) is 13.8 Å². The number of piperidine rings is 1. The Morgan fingerprint density at radius 2 is 1.85 bits per heavy atom. The van der Waals surface area contributed by atoms with Gasteiger partial charge in [0.1, 0.15) is 11.4 Å². The third-order valence-electron chi connectivity index (χ3n) is 6.52. The van der Waals surface area contributed by atoms with E-state index in [1.807, 2.05) is 45.0 Å². The van der Waals surface area contributed by atoms with Crippen molar-refractivity contribution in [3.8, 4) is 0 Å². The topological polar surface area (TPSA) is 58.6 Å². The van der Waals surface area contributed by atoms with Gasteiger partial charge in [-0.15, -0.1) is 0 Å². The molecule has 1 aromatic rings. The molecule has 6 heteroatoms. The minimum Gasteiger partial charge on any atom is -0.444 e. The number of likely N-dealkylation sites (tertiary alicyclic amines) is 2. The minimum atomic E-state index is -0.464. The summed E-state index contributed by atoms with van der Waals surface area (Å²) in [6.07, 6.45) is 6.86. The summed E-state index contributed by atoms with van der Waals surface area (Å²) in [5, 5.41) is 0. The lowest BCUT2D eigenvalue weighted by Crippen LogP contribution is -2.79. The van der Waals surface area contributed by atoms with Crippen molar-refractivity contribution < 1.29 is 9.53 Å². The molecule has 2 atom stereocenters. The predicted octanol–water partition coefficient (Wildman–Crippen LogP) is 3.79. The molecule has 1 aromatic heterocycles. The second-order valence-corrected chi connectivity index (χ2v) is 9.17. The molecule has 0 spiro atoms. The van der Waals surface area contributed by atoms with E-state index in [4.69, 9.17) is 4.74 Å². The average molecular weight is 375 g/mol. The van der Waals surface area contributed by atoms with Crippen LogP contribution in [-0.4, -0.2) is 56.6 Å². The number of ether oxygens (including phenoxy) is 1. The standard InChI is InChI=1S/C21H34N4O2/c1-7-20-9-10-24(18(26)27-19(4,5)6)15-21(20,8-2)25(14-20)13-17-11-22-16(3)23-12-17/h11-12H,7-10,13-15H2,1-6H3/t20-,21-/m1/s1. The normalized spacial score (nSPS) is 28.4. The van der Waals surface area contributed by atoms with E-state index in [9.17, 15) is 4.79 Å². The van der Waals surface area contributed by atoms with E-state index in [0.29, 0.717) is 0 Å². The lowest BCUT2D eigenvalue weighted by atomic mass is 9.54. The Bertz CT molecular complexity index is 684. The van der Waals surface area contributed by atoms with Crippen molar-refractivity contribution in [3.63, 3.8) is 0 Å². The fourth-order valence-corrected chi connectivity index (χ4v) is 4.97. The van der Waals surface area contributed by atoms with E-state index in [2.05, 4.69) is 28.7 Å². The van der Waals surface area contributed by atoms with E-state index < -0.39 is 5.60 Å². The molecule has 2 saturated heterocycles. The summed E-state index contributed by atoms with van der Waals surface area (Å²) >= 11 is 0. The van der Waals surface area contributed by atoms with Crippen LogP contribution in [0.2, 0.25) is 0 Å². The largest absolute Gasteiger partial charge is 0.444 e. The molecule has 0 saturated carbocycles. The van der Waals surface area contributed by atoms with Crippen LogP contribution in [0, 0.1) is 12.3 Å². The zero-order valence-electron chi connectivity index (χ0n) is 17.7. The predicted molar refractivity (Wildman–Crippen MR) is 105 cm³/mol. The van der Waals surface area contributed by atoms with Crippen molar-refractivity contribution in [2.45, 2.75) is 78.5 Å². The molecule has 3 heterocycles. The average Bonchev–Trinajstić information content (AvgIpc) is 2.59. The second-order valence-electron chi connectivity index (χ2n) is 9.17. The van der Waals surface area contributed by atoms with Crippen molar-refractivity contribution in [3.05, 3.63) is 23.8 Å². The molecule has 2 aliphatic heterocycles. The van der Waals surface area contributed by atoms with Crippen LogP contribution in [0.4, 0.5) is 4.79 Å². The number of carbonyl (C=O) groups is 1. The third-order valence-corrected chi connectivity index (χ3v) is 6.52. The summed E-state index contributed by atoms with van der Waals surface area (Å²) in [5.74, 6) is 0.796. The minimum absolute atomic E-state index is 0.00178. The molecule has 27 heavy (non-hydrogen) atoms. The van der Waals surface area contributed by atoms with Crippen LogP contribution in [0.3, 0.4) is 0 Å². The smallest absolute Gasteiger partial charge is 0.410 e. The number of hydrogen-bond acceptors (Lipinski definition) is 5. The Morgan fingerprint density at radius 1 is 1.19 bits per heavy atom. The fourth-order valence-electron chi connectivity index (χ4n) is 4.97. The maximum atomic E-state index is 12.7. The molecule has 0 aromatic carbocycles. The van der Waals surface area contributed by atoms with Crippen LogP contribution < -0.4 is 0 Å². The van der Waals surface area contributed by atoms with Gasteiger partial charge < -0.3 is 9.64 Å². The van der Waals surface area contributed by atoms with Crippen LogP contribution >= 0.6 is 0 Å². The van der Waals surface area contributed by atoms with Crippen LogP contribution in [0.1, 0.15) is 65.3 Å². The van der Waals surface area contributed by atoms with Crippen molar-refractivity contribution in [2.75, 3.05) is 19.6 Å². The number of hydrogen-bond donors (Lipinski definition) is 0. The molecule has 0 bridgehead atoms. The lowest BCUT2D eigenvalue weighted by Gasteiger charge is -2.70. The second kappa shape index (κ2) is 7.04. The van der Waals surface area contributed by atoms with E-state index in [1.54, 1.807) is 0 Å². The molecule has 1 amide bonds. The van der Waals surface area contributed by atoms with Gasteiger partial charge >= 0.3 is 6.09 Å². The maximum absolute atomic E-state index is 12.7. The highest BCUT2D eigenvalue weighted by Gasteiger charge is 2.64. The Hall–Kier alpha value is -1.69. The first-order valence-electron chi connectivity index (χ1n) is 10.2. The molecular weight excluding hydrogens is 340 g/mol. The summed E-state index contributed by atoms with van der Waals surface area (Å²) in [4.78, 5) is 25.8. The number of nitrogens with zero attached hydrogens (tertiary/aromatic N) is 4. The van der Waals surface area contributed by atoms with Gasteiger partial charge in [-0.05, 0) is 47.0 Å². The lowest BCUT2D eigenvalue weighted by molar-refractivity contribution is -0.204. The number of amides is 1. The zero-order valence-corrected chi connectivity index (χ0v) is 17.7. The molecule has 150 valence electrons. The van der Waals surface area contributed by atoms with Crippen molar-refractivity contribution in [1.82, 2.24) is 19.8 Å². The maximum Gasteiger partial charge on any atom is 0.410 e. The third kappa shape index (κ3) is 3.56. The van der Waals surface area contributed by atoms with Gasteiger partial charge in [0.15, 0.2) is 0 Å². The van der Waals surface area contributed by atoms with E-state index >= 15 is 0 Å². The zero-order chi connectivity index (χ0) is 19.9. The molecule has 2 fully saturated rings. The first-order valence-corrected chi connectivity index (χ1v) is 10.2. The summed E-state index contributed by atoms with van der Waals surface area (Å²) in [6.45, 7) is 15.6. The molecule has 0 aliphatic carbocycles. The summed E-state index contributed by atoms with van der Waals surface area (Å²) < 4.78 is 5.66. The highest BCUT2D eigenvalue weighted by atomic mass is 16.6. The van der Waals surface area contributed by atoms with Crippen molar-refractivity contribution in [1.29, 1.82) is 0 Å². The Kier molecular flexibility index (Phi) is 5.23.